The molecular weight excluding hydrogens is 461 g/mol. The number of aliphatic imine (C=N–C) groups is 1. The molecule has 0 fully saturated rings. The molecule has 0 saturated carbocycles. The van der Waals surface area contributed by atoms with E-state index in [9.17, 15) is 0 Å². The SMILES string of the molecule is CN=C(NCCc1cccc(Cl)c1)N(C)Cc1cn(C)nc1C(C)C.I. The number of benzene rings is 1. The van der Waals surface area contributed by atoms with Gasteiger partial charge in [0.25, 0.3) is 0 Å². The minimum absolute atomic E-state index is 0. The average molecular weight is 490 g/mol. The summed E-state index contributed by atoms with van der Waals surface area (Å²) in [7, 11) is 5.82. The largest absolute Gasteiger partial charge is 0.356 e. The molecule has 26 heavy (non-hydrogen) atoms. The maximum Gasteiger partial charge on any atom is 0.193 e. The van der Waals surface area contributed by atoms with Gasteiger partial charge in [0, 0.05) is 51.0 Å². The monoisotopic (exact) mass is 489 g/mol. The fourth-order valence-electron chi connectivity index (χ4n) is 2.89. The van der Waals surface area contributed by atoms with Gasteiger partial charge in [-0.25, -0.2) is 0 Å². The summed E-state index contributed by atoms with van der Waals surface area (Å²) in [6, 6.07) is 7.96. The molecule has 0 aliphatic rings. The molecule has 1 aromatic carbocycles. The van der Waals surface area contributed by atoms with Crippen LogP contribution in [0.15, 0.2) is 35.5 Å². The van der Waals surface area contributed by atoms with Gasteiger partial charge in [0.05, 0.1) is 5.69 Å². The third-order valence-corrected chi connectivity index (χ3v) is 4.29. The van der Waals surface area contributed by atoms with Gasteiger partial charge < -0.3 is 10.2 Å². The summed E-state index contributed by atoms with van der Waals surface area (Å²) in [5.74, 6) is 1.28. The average Bonchev–Trinajstić information content (AvgIpc) is 2.92. The van der Waals surface area contributed by atoms with E-state index in [1.54, 1.807) is 0 Å². The van der Waals surface area contributed by atoms with E-state index in [0.29, 0.717) is 5.92 Å². The lowest BCUT2D eigenvalue weighted by Crippen LogP contribution is -2.39. The maximum atomic E-state index is 6.04. The highest BCUT2D eigenvalue weighted by molar-refractivity contribution is 14.0. The van der Waals surface area contributed by atoms with Crippen molar-refractivity contribution in [1.29, 1.82) is 0 Å². The van der Waals surface area contributed by atoms with Gasteiger partial charge in [-0.1, -0.05) is 37.6 Å². The Morgan fingerprint density at radius 1 is 1.38 bits per heavy atom. The van der Waals surface area contributed by atoms with E-state index in [0.717, 1.165) is 36.2 Å². The van der Waals surface area contributed by atoms with Crippen LogP contribution in [0.25, 0.3) is 0 Å². The summed E-state index contributed by atoms with van der Waals surface area (Å²) < 4.78 is 1.88. The minimum atomic E-state index is 0. The number of hydrogen-bond acceptors (Lipinski definition) is 2. The molecule has 0 atom stereocenters. The molecule has 0 spiro atoms. The molecular formula is C19H29ClIN5. The van der Waals surface area contributed by atoms with Gasteiger partial charge in [-0.05, 0) is 30.0 Å². The second-order valence-electron chi connectivity index (χ2n) is 6.58. The van der Waals surface area contributed by atoms with Crippen molar-refractivity contribution in [2.24, 2.45) is 12.0 Å². The van der Waals surface area contributed by atoms with Crippen LogP contribution in [0.4, 0.5) is 0 Å². The van der Waals surface area contributed by atoms with E-state index >= 15 is 0 Å². The third-order valence-electron chi connectivity index (χ3n) is 4.05. The number of aryl methyl sites for hydroxylation is 1. The lowest BCUT2D eigenvalue weighted by Gasteiger charge is -2.22. The Morgan fingerprint density at radius 3 is 2.73 bits per heavy atom. The van der Waals surface area contributed by atoms with Gasteiger partial charge in [-0.3, -0.25) is 9.67 Å². The van der Waals surface area contributed by atoms with E-state index in [-0.39, 0.29) is 24.0 Å². The van der Waals surface area contributed by atoms with Crippen molar-refractivity contribution in [3.05, 3.63) is 52.3 Å². The molecule has 5 nitrogen and oxygen atoms in total. The first-order valence-electron chi connectivity index (χ1n) is 8.59. The van der Waals surface area contributed by atoms with Crippen molar-refractivity contribution in [2.75, 3.05) is 20.6 Å². The quantitative estimate of drug-likeness (QED) is 0.378. The van der Waals surface area contributed by atoms with Crippen LogP contribution < -0.4 is 5.32 Å². The van der Waals surface area contributed by atoms with E-state index in [4.69, 9.17) is 11.6 Å². The topological polar surface area (TPSA) is 45.5 Å². The Balaban J connectivity index is 0.00000338. The van der Waals surface area contributed by atoms with Crippen molar-refractivity contribution < 1.29 is 0 Å². The molecule has 0 amide bonds. The van der Waals surface area contributed by atoms with Crippen LogP contribution in [0.3, 0.4) is 0 Å². The summed E-state index contributed by atoms with van der Waals surface area (Å²) >= 11 is 6.04. The Morgan fingerprint density at radius 2 is 2.12 bits per heavy atom. The maximum absolute atomic E-state index is 6.04. The van der Waals surface area contributed by atoms with Crippen molar-refractivity contribution in [1.82, 2.24) is 20.0 Å². The van der Waals surface area contributed by atoms with Crippen LogP contribution in [0, 0.1) is 0 Å². The standard InChI is InChI=1S/C19H28ClN5.HI/c1-14(2)18-16(13-25(5)23-18)12-24(4)19(21-3)22-10-9-15-7-6-8-17(20)11-15;/h6-8,11,13-14H,9-10,12H2,1-5H3,(H,21,22);1H. The molecule has 2 aromatic rings. The number of halogens is 2. The summed E-state index contributed by atoms with van der Waals surface area (Å²) in [5, 5.41) is 8.77. The Hall–Kier alpha value is -1.28. The summed E-state index contributed by atoms with van der Waals surface area (Å²) in [4.78, 5) is 6.52. The first-order valence-corrected chi connectivity index (χ1v) is 8.97. The number of guanidine groups is 1. The van der Waals surface area contributed by atoms with Gasteiger partial charge in [0.1, 0.15) is 0 Å². The van der Waals surface area contributed by atoms with E-state index in [2.05, 4.69) is 46.4 Å². The summed E-state index contributed by atoms with van der Waals surface area (Å²) in [6.45, 7) is 5.92. The molecule has 1 aromatic heterocycles. The van der Waals surface area contributed by atoms with Crippen LogP contribution in [-0.4, -0.2) is 41.3 Å². The molecule has 0 saturated heterocycles. The first-order chi connectivity index (χ1) is 11.9. The zero-order valence-electron chi connectivity index (χ0n) is 16.2. The number of aromatic nitrogens is 2. The van der Waals surface area contributed by atoms with Crippen molar-refractivity contribution in [3.63, 3.8) is 0 Å². The van der Waals surface area contributed by atoms with E-state index < -0.39 is 0 Å². The smallest absolute Gasteiger partial charge is 0.193 e. The molecule has 0 bridgehead atoms. The van der Waals surface area contributed by atoms with Crippen molar-refractivity contribution in [3.8, 4) is 0 Å². The zero-order valence-corrected chi connectivity index (χ0v) is 19.2. The highest BCUT2D eigenvalue weighted by atomic mass is 127. The number of rotatable bonds is 6. The number of nitrogens with zero attached hydrogens (tertiary/aromatic N) is 4. The molecule has 2 rings (SSSR count). The lowest BCUT2D eigenvalue weighted by molar-refractivity contribution is 0.474. The van der Waals surface area contributed by atoms with Crippen LogP contribution in [0.2, 0.25) is 5.02 Å². The molecule has 0 radical (unpaired) electrons. The van der Waals surface area contributed by atoms with Crippen LogP contribution in [0.1, 0.15) is 36.6 Å². The second kappa shape index (κ2) is 10.8. The predicted octanol–water partition coefficient (Wildman–Crippen LogP) is 4.06. The highest BCUT2D eigenvalue weighted by Gasteiger charge is 2.14. The van der Waals surface area contributed by atoms with Gasteiger partial charge in [0.2, 0.25) is 0 Å². The summed E-state index contributed by atoms with van der Waals surface area (Å²) in [5.41, 5.74) is 3.59. The molecule has 1 heterocycles. The first kappa shape index (κ1) is 22.8. The Labute approximate surface area is 178 Å². The predicted molar refractivity (Wildman–Crippen MR) is 121 cm³/mol. The normalized spacial score (nSPS) is 11.4. The molecule has 144 valence electrons. The van der Waals surface area contributed by atoms with Gasteiger partial charge in [-0.15, -0.1) is 24.0 Å². The minimum Gasteiger partial charge on any atom is -0.356 e. The van der Waals surface area contributed by atoms with Crippen LogP contribution in [-0.2, 0) is 20.0 Å². The van der Waals surface area contributed by atoms with Crippen LogP contribution >= 0.6 is 35.6 Å². The van der Waals surface area contributed by atoms with Crippen molar-refractivity contribution in [2.45, 2.75) is 32.7 Å². The fraction of sp³-hybridized carbons (Fsp3) is 0.474. The van der Waals surface area contributed by atoms with Crippen LogP contribution in [0.5, 0.6) is 0 Å². The molecule has 0 unspecified atom stereocenters. The van der Waals surface area contributed by atoms with Gasteiger partial charge in [0.15, 0.2) is 5.96 Å². The Bertz CT molecular complexity index is 726. The molecule has 0 aliphatic heterocycles. The van der Waals surface area contributed by atoms with E-state index in [1.165, 1.54) is 11.1 Å². The van der Waals surface area contributed by atoms with E-state index in [1.807, 2.05) is 44.0 Å². The second-order valence-corrected chi connectivity index (χ2v) is 7.01. The molecule has 7 heteroatoms. The van der Waals surface area contributed by atoms with Gasteiger partial charge >= 0.3 is 0 Å². The molecule has 1 N–H and O–H groups in total. The number of hydrogen-bond donors (Lipinski definition) is 1. The zero-order chi connectivity index (χ0) is 18.4. The van der Waals surface area contributed by atoms with Gasteiger partial charge in [-0.2, -0.15) is 5.10 Å². The fourth-order valence-corrected chi connectivity index (χ4v) is 3.10. The highest BCUT2D eigenvalue weighted by Crippen LogP contribution is 2.18. The number of nitrogens with one attached hydrogen (secondary N) is 1. The summed E-state index contributed by atoms with van der Waals surface area (Å²) in [6.07, 6.45) is 2.99. The van der Waals surface area contributed by atoms with Crippen molar-refractivity contribution >= 4 is 41.5 Å². The molecule has 0 aliphatic carbocycles. The third kappa shape index (κ3) is 6.46. The lowest BCUT2D eigenvalue weighted by atomic mass is 10.1. The Kier molecular flexibility index (Phi) is 9.43.